The molecule has 1 saturated carbocycles. The lowest BCUT2D eigenvalue weighted by atomic mass is 9.85. The van der Waals surface area contributed by atoms with Gasteiger partial charge in [-0.25, -0.2) is 8.42 Å². The van der Waals surface area contributed by atoms with E-state index in [-0.39, 0.29) is 0 Å². The molecule has 1 aliphatic rings. The van der Waals surface area contributed by atoms with Crippen molar-refractivity contribution in [2.75, 3.05) is 19.6 Å². The van der Waals surface area contributed by atoms with E-state index in [9.17, 15) is 8.42 Å². The molecule has 1 heterocycles. The van der Waals surface area contributed by atoms with E-state index in [1.165, 1.54) is 17.8 Å². The molecule has 0 aliphatic heterocycles. The van der Waals surface area contributed by atoms with E-state index >= 15 is 0 Å². The van der Waals surface area contributed by atoms with Crippen molar-refractivity contribution >= 4 is 37.3 Å². The maximum atomic E-state index is 12.8. The van der Waals surface area contributed by atoms with Crippen LogP contribution in [0.15, 0.2) is 14.7 Å². The summed E-state index contributed by atoms with van der Waals surface area (Å²) in [5, 5.41) is 3.23. The van der Waals surface area contributed by atoms with E-state index in [1.54, 1.807) is 10.4 Å². The molecule has 0 saturated heterocycles. The monoisotopic (exact) mass is 394 g/mol. The van der Waals surface area contributed by atoms with Crippen molar-refractivity contribution in [1.82, 2.24) is 9.62 Å². The van der Waals surface area contributed by atoms with Crippen molar-refractivity contribution in [3.05, 3.63) is 14.7 Å². The van der Waals surface area contributed by atoms with Gasteiger partial charge in [-0.05, 0) is 47.3 Å². The van der Waals surface area contributed by atoms with Gasteiger partial charge in [0.25, 0.3) is 0 Å². The lowest BCUT2D eigenvalue weighted by Crippen LogP contribution is -2.37. The number of nitrogens with one attached hydrogen (secondary N) is 1. The highest BCUT2D eigenvalue weighted by molar-refractivity contribution is 9.11. The Morgan fingerprint density at radius 3 is 2.67 bits per heavy atom. The van der Waals surface area contributed by atoms with Gasteiger partial charge < -0.3 is 5.32 Å². The zero-order valence-corrected chi connectivity index (χ0v) is 15.8. The van der Waals surface area contributed by atoms with Gasteiger partial charge in [0.2, 0.25) is 10.0 Å². The van der Waals surface area contributed by atoms with Gasteiger partial charge in [-0.3, -0.25) is 0 Å². The molecule has 1 N–H and O–H groups in total. The van der Waals surface area contributed by atoms with E-state index in [0.717, 1.165) is 24.3 Å². The highest BCUT2D eigenvalue weighted by atomic mass is 79.9. The summed E-state index contributed by atoms with van der Waals surface area (Å²) in [4.78, 5) is 1.46. The highest BCUT2D eigenvalue weighted by Crippen LogP contribution is 2.35. The lowest BCUT2D eigenvalue weighted by molar-refractivity contribution is 0.250. The molecule has 0 radical (unpaired) electrons. The predicted molar refractivity (Wildman–Crippen MR) is 91.2 cm³/mol. The van der Waals surface area contributed by atoms with Gasteiger partial charge in [0.05, 0.1) is 3.79 Å². The Balaban J connectivity index is 2.18. The van der Waals surface area contributed by atoms with E-state index in [1.807, 2.05) is 13.8 Å². The van der Waals surface area contributed by atoms with Crippen LogP contribution in [-0.4, -0.2) is 32.4 Å². The standard InChI is InChI=1S/C14H23BrN2O2S2/c1-3-16-9-12-8-13(14(15)20-12)21(18,19)17(4-2)10-11-6-5-7-11/h8,11,16H,3-7,9-10H2,1-2H3. The third-order valence-electron chi connectivity index (χ3n) is 3.91. The third-order valence-corrected chi connectivity index (χ3v) is 8.11. The van der Waals surface area contributed by atoms with Crippen LogP contribution < -0.4 is 5.32 Å². The first-order valence-corrected chi connectivity index (χ1v) is 10.5. The Morgan fingerprint density at radius 2 is 2.14 bits per heavy atom. The van der Waals surface area contributed by atoms with Crippen LogP contribution in [-0.2, 0) is 16.6 Å². The molecule has 1 aromatic heterocycles. The fourth-order valence-electron chi connectivity index (χ4n) is 2.41. The van der Waals surface area contributed by atoms with Crippen molar-refractivity contribution in [2.45, 2.75) is 44.6 Å². The second-order valence-corrected chi connectivity index (χ2v) is 9.74. The van der Waals surface area contributed by atoms with E-state index in [4.69, 9.17) is 0 Å². The van der Waals surface area contributed by atoms with Crippen molar-refractivity contribution in [2.24, 2.45) is 5.92 Å². The number of thiophene rings is 1. The molecule has 0 atom stereocenters. The highest BCUT2D eigenvalue weighted by Gasteiger charge is 2.30. The van der Waals surface area contributed by atoms with Crippen LogP contribution >= 0.6 is 27.3 Å². The van der Waals surface area contributed by atoms with Crippen LogP contribution in [0.1, 0.15) is 38.0 Å². The van der Waals surface area contributed by atoms with Crippen LogP contribution in [0.25, 0.3) is 0 Å². The zero-order chi connectivity index (χ0) is 15.5. The summed E-state index contributed by atoms with van der Waals surface area (Å²) in [7, 11) is -3.39. The molecule has 21 heavy (non-hydrogen) atoms. The molecule has 0 bridgehead atoms. The van der Waals surface area contributed by atoms with E-state index < -0.39 is 10.0 Å². The van der Waals surface area contributed by atoms with Gasteiger partial charge in [0.1, 0.15) is 4.90 Å². The maximum absolute atomic E-state index is 12.8. The predicted octanol–water partition coefficient (Wildman–Crippen LogP) is 3.43. The average molecular weight is 395 g/mol. The Labute approximate surface area is 140 Å². The quantitative estimate of drug-likeness (QED) is 0.734. The summed E-state index contributed by atoms with van der Waals surface area (Å²) >= 11 is 4.92. The number of hydrogen-bond donors (Lipinski definition) is 1. The smallest absolute Gasteiger partial charge is 0.245 e. The van der Waals surface area contributed by atoms with Gasteiger partial charge in [0, 0.05) is 24.5 Å². The van der Waals surface area contributed by atoms with Gasteiger partial charge in [-0.1, -0.05) is 20.3 Å². The summed E-state index contributed by atoms with van der Waals surface area (Å²) in [5.41, 5.74) is 0. The molecule has 0 spiro atoms. The fraction of sp³-hybridized carbons (Fsp3) is 0.714. The molecular formula is C14H23BrN2O2S2. The van der Waals surface area contributed by atoms with E-state index in [2.05, 4.69) is 21.2 Å². The molecule has 1 fully saturated rings. The molecule has 1 aliphatic carbocycles. The van der Waals surface area contributed by atoms with Crippen LogP contribution in [0.5, 0.6) is 0 Å². The SMILES string of the molecule is CCNCc1cc(S(=O)(=O)N(CC)CC2CCC2)c(Br)s1. The molecule has 7 heteroatoms. The molecule has 0 aromatic carbocycles. The summed E-state index contributed by atoms with van der Waals surface area (Å²) in [6.07, 6.45) is 3.54. The normalized spacial score (nSPS) is 16.4. The Bertz CT molecular complexity index is 568. The summed E-state index contributed by atoms with van der Waals surface area (Å²) in [5.74, 6) is 0.540. The largest absolute Gasteiger partial charge is 0.312 e. The lowest BCUT2D eigenvalue weighted by Gasteiger charge is -2.31. The van der Waals surface area contributed by atoms with Crippen LogP contribution in [0.2, 0.25) is 0 Å². The summed E-state index contributed by atoms with van der Waals surface area (Å²) < 4.78 is 28.0. The first-order valence-electron chi connectivity index (χ1n) is 7.48. The van der Waals surface area contributed by atoms with Gasteiger partial charge in [0.15, 0.2) is 0 Å². The minimum Gasteiger partial charge on any atom is -0.312 e. The number of rotatable bonds is 8. The second-order valence-electron chi connectivity index (χ2n) is 5.38. The minimum atomic E-state index is -3.39. The zero-order valence-electron chi connectivity index (χ0n) is 12.6. The summed E-state index contributed by atoms with van der Waals surface area (Å²) in [6.45, 7) is 6.73. The molecular weight excluding hydrogens is 372 g/mol. The van der Waals surface area contributed by atoms with Crippen LogP contribution in [0.4, 0.5) is 0 Å². The Kier molecular flexibility index (Phi) is 6.25. The van der Waals surface area contributed by atoms with Crippen molar-refractivity contribution in [3.8, 4) is 0 Å². The van der Waals surface area contributed by atoms with Gasteiger partial charge >= 0.3 is 0 Å². The number of nitrogens with zero attached hydrogens (tertiary/aromatic N) is 1. The Morgan fingerprint density at radius 1 is 1.43 bits per heavy atom. The van der Waals surface area contributed by atoms with Gasteiger partial charge in [-0.15, -0.1) is 11.3 Å². The van der Waals surface area contributed by atoms with Gasteiger partial charge in [-0.2, -0.15) is 4.31 Å². The van der Waals surface area contributed by atoms with Crippen LogP contribution in [0.3, 0.4) is 0 Å². The molecule has 2 rings (SSSR count). The topological polar surface area (TPSA) is 49.4 Å². The first kappa shape index (κ1) is 17.4. The molecule has 0 amide bonds. The summed E-state index contributed by atoms with van der Waals surface area (Å²) in [6, 6.07) is 1.80. The van der Waals surface area contributed by atoms with Crippen molar-refractivity contribution in [1.29, 1.82) is 0 Å². The van der Waals surface area contributed by atoms with E-state index in [0.29, 0.717) is 34.2 Å². The third kappa shape index (κ3) is 4.07. The maximum Gasteiger partial charge on any atom is 0.245 e. The minimum absolute atomic E-state index is 0.418. The average Bonchev–Trinajstić information content (AvgIpc) is 2.77. The number of halogens is 1. The first-order chi connectivity index (χ1) is 9.98. The number of sulfonamides is 1. The number of hydrogen-bond acceptors (Lipinski definition) is 4. The molecule has 0 unspecified atom stereocenters. The Hall–Kier alpha value is 0.0500. The second kappa shape index (κ2) is 7.55. The van der Waals surface area contributed by atoms with Crippen LogP contribution in [0, 0.1) is 5.92 Å². The van der Waals surface area contributed by atoms with Crippen molar-refractivity contribution < 1.29 is 8.42 Å². The fourth-order valence-corrected chi connectivity index (χ4v) is 6.54. The molecule has 4 nitrogen and oxygen atoms in total. The van der Waals surface area contributed by atoms with Crippen molar-refractivity contribution in [3.63, 3.8) is 0 Å². The molecule has 1 aromatic rings. The molecule has 120 valence electrons.